The minimum absolute atomic E-state index is 0.239. The summed E-state index contributed by atoms with van der Waals surface area (Å²) in [6.07, 6.45) is 3.11. The van der Waals surface area contributed by atoms with Gasteiger partial charge >= 0.3 is 7.12 Å². The molecule has 6 nitrogen and oxygen atoms in total. The van der Waals surface area contributed by atoms with Crippen molar-refractivity contribution in [1.82, 2.24) is 9.97 Å². The van der Waals surface area contributed by atoms with Crippen LogP contribution in [0.15, 0.2) is 43.2 Å². The molecule has 32 heavy (non-hydrogen) atoms. The van der Waals surface area contributed by atoms with Gasteiger partial charge in [0.05, 0.1) is 38.3 Å². The Bertz CT molecular complexity index is 947. The molecule has 174 valence electrons. The number of pyridine rings is 2. The molecule has 1 aliphatic heterocycles. The van der Waals surface area contributed by atoms with Crippen LogP contribution in [-0.2, 0) is 9.31 Å². The summed E-state index contributed by atoms with van der Waals surface area (Å²) in [5.41, 5.74) is 13.8. The third-order valence-electron chi connectivity index (χ3n) is 4.89. The molecule has 0 spiro atoms. The maximum absolute atomic E-state index is 5.75. The molecule has 10 heteroatoms. The first kappa shape index (κ1) is 28.3. The molecular formula is C22H30BCl3N4O2. The Morgan fingerprint density at radius 2 is 1.31 bits per heavy atom. The summed E-state index contributed by atoms with van der Waals surface area (Å²) in [6.45, 7) is 19.5. The molecule has 0 aromatic carbocycles. The molecule has 0 amide bonds. The summed E-state index contributed by atoms with van der Waals surface area (Å²) in [5.74, 6) is 0. The standard InChI is InChI=1S/C9H17BO2.C8H9ClN2.C5H4Cl2N2/c1-7(2)10-11-8(3,4)9(5,6)12-10;1-5(2)8-7(10)6(9)3-4-11-8;6-3-1-2-9-5(7)4(3)8/h1H2,2-6H3;3-4H,1,10H2,2H3;1-2H,8H2. The van der Waals surface area contributed by atoms with Crippen molar-refractivity contribution < 1.29 is 9.31 Å². The van der Waals surface area contributed by atoms with Crippen LogP contribution in [0.1, 0.15) is 47.2 Å². The maximum atomic E-state index is 5.75. The molecule has 4 N–H and O–H groups in total. The van der Waals surface area contributed by atoms with Gasteiger partial charge in [0.2, 0.25) is 0 Å². The molecular weight excluding hydrogens is 469 g/mol. The number of allylic oxidation sites excluding steroid dienone is 2. The number of rotatable bonds is 2. The second-order valence-corrected chi connectivity index (χ2v) is 9.44. The first-order valence-electron chi connectivity index (χ1n) is 9.73. The van der Waals surface area contributed by atoms with Gasteiger partial charge in [-0.05, 0) is 59.2 Å². The Morgan fingerprint density at radius 1 is 0.875 bits per heavy atom. The Kier molecular flexibility index (Phi) is 10.1. The van der Waals surface area contributed by atoms with Crippen LogP contribution < -0.4 is 11.5 Å². The molecule has 3 heterocycles. The molecule has 0 unspecified atom stereocenters. The number of hydrogen-bond acceptors (Lipinski definition) is 6. The van der Waals surface area contributed by atoms with Gasteiger partial charge in [0.25, 0.3) is 0 Å². The third kappa shape index (κ3) is 7.39. The second-order valence-electron chi connectivity index (χ2n) is 8.27. The van der Waals surface area contributed by atoms with E-state index >= 15 is 0 Å². The Labute approximate surface area is 206 Å². The fraction of sp³-hybridized carbons (Fsp3) is 0.364. The summed E-state index contributed by atoms with van der Waals surface area (Å²) < 4.78 is 11.4. The normalized spacial score (nSPS) is 15.7. The lowest BCUT2D eigenvalue weighted by molar-refractivity contribution is 0.00578. The predicted molar refractivity (Wildman–Crippen MR) is 138 cm³/mol. The van der Waals surface area contributed by atoms with Crippen LogP contribution in [0.5, 0.6) is 0 Å². The van der Waals surface area contributed by atoms with Crippen LogP contribution in [0.3, 0.4) is 0 Å². The van der Waals surface area contributed by atoms with E-state index in [1.807, 2.05) is 41.5 Å². The first-order chi connectivity index (χ1) is 14.6. The smallest absolute Gasteiger partial charge is 0.400 e. The first-order valence-corrected chi connectivity index (χ1v) is 10.9. The second kappa shape index (κ2) is 11.4. The highest BCUT2D eigenvalue weighted by Gasteiger charge is 2.51. The van der Waals surface area contributed by atoms with E-state index in [1.165, 1.54) is 6.20 Å². The quantitative estimate of drug-likeness (QED) is 0.361. The van der Waals surface area contributed by atoms with E-state index in [0.29, 0.717) is 27.1 Å². The minimum Gasteiger partial charge on any atom is -0.400 e. The van der Waals surface area contributed by atoms with Gasteiger partial charge in [-0.3, -0.25) is 4.98 Å². The van der Waals surface area contributed by atoms with Gasteiger partial charge in [0, 0.05) is 12.4 Å². The van der Waals surface area contributed by atoms with Gasteiger partial charge in [-0.25, -0.2) is 4.98 Å². The lowest BCUT2D eigenvalue weighted by atomic mass is 9.81. The lowest BCUT2D eigenvalue weighted by Gasteiger charge is -2.32. The zero-order valence-electron chi connectivity index (χ0n) is 19.3. The number of halogens is 3. The van der Waals surface area contributed by atoms with Crippen molar-refractivity contribution in [2.24, 2.45) is 0 Å². The molecule has 0 radical (unpaired) electrons. The van der Waals surface area contributed by atoms with E-state index in [9.17, 15) is 0 Å². The van der Waals surface area contributed by atoms with Crippen LogP contribution in [0.4, 0.5) is 11.4 Å². The van der Waals surface area contributed by atoms with Crippen LogP contribution in [0.2, 0.25) is 15.2 Å². The van der Waals surface area contributed by atoms with Crippen molar-refractivity contribution in [3.05, 3.63) is 64.0 Å². The largest absolute Gasteiger partial charge is 0.489 e. The van der Waals surface area contributed by atoms with E-state index in [0.717, 1.165) is 11.0 Å². The fourth-order valence-corrected chi connectivity index (χ4v) is 2.76. The molecule has 2 aromatic heterocycles. The zero-order valence-corrected chi connectivity index (χ0v) is 21.6. The van der Waals surface area contributed by atoms with E-state index in [2.05, 4.69) is 23.1 Å². The summed E-state index contributed by atoms with van der Waals surface area (Å²) in [6, 6.07) is 3.24. The SMILES string of the molecule is C=C(C)B1OC(C)(C)C(C)(C)O1.C=C(C)c1nccc(Cl)c1N.Nc1c(Cl)ccnc1Cl. The predicted octanol–water partition coefficient (Wildman–Crippen LogP) is 6.51. The molecule has 2 aromatic rings. The average Bonchev–Trinajstić information content (AvgIpc) is 2.90. The van der Waals surface area contributed by atoms with Crippen molar-refractivity contribution in [3.8, 4) is 0 Å². The molecule has 1 saturated heterocycles. The van der Waals surface area contributed by atoms with Gasteiger partial charge in [-0.2, -0.15) is 0 Å². The van der Waals surface area contributed by atoms with Crippen molar-refractivity contribution in [2.75, 3.05) is 11.5 Å². The topological polar surface area (TPSA) is 96.3 Å². The monoisotopic (exact) mass is 498 g/mol. The number of anilines is 2. The fourth-order valence-electron chi connectivity index (χ4n) is 2.26. The lowest BCUT2D eigenvalue weighted by Crippen LogP contribution is -2.41. The molecule has 0 saturated carbocycles. The van der Waals surface area contributed by atoms with Crippen LogP contribution >= 0.6 is 34.8 Å². The summed E-state index contributed by atoms with van der Waals surface area (Å²) in [5, 5.41) is 1.22. The van der Waals surface area contributed by atoms with E-state index in [1.54, 1.807) is 18.3 Å². The van der Waals surface area contributed by atoms with Crippen LogP contribution in [-0.4, -0.2) is 28.3 Å². The van der Waals surface area contributed by atoms with Gasteiger partial charge in [-0.15, -0.1) is 6.58 Å². The Balaban J connectivity index is 0.000000242. The molecule has 3 rings (SSSR count). The van der Waals surface area contributed by atoms with E-state index < -0.39 is 0 Å². The minimum atomic E-state index is -0.241. The molecule has 0 atom stereocenters. The van der Waals surface area contributed by atoms with Gasteiger partial charge in [0.1, 0.15) is 0 Å². The van der Waals surface area contributed by atoms with E-state index in [-0.39, 0.29) is 23.5 Å². The highest BCUT2D eigenvalue weighted by Crippen LogP contribution is 2.38. The maximum Gasteiger partial charge on any atom is 0.489 e. The number of nitrogens with two attached hydrogens (primary N) is 2. The molecule has 1 fully saturated rings. The molecule has 0 bridgehead atoms. The van der Waals surface area contributed by atoms with Gasteiger partial charge in [0.15, 0.2) is 5.15 Å². The summed E-state index contributed by atoms with van der Waals surface area (Å²) >= 11 is 16.8. The van der Waals surface area contributed by atoms with Gasteiger partial charge < -0.3 is 20.8 Å². The summed E-state index contributed by atoms with van der Waals surface area (Å²) in [4.78, 5) is 7.73. The Morgan fingerprint density at radius 3 is 1.62 bits per heavy atom. The van der Waals surface area contributed by atoms with Crippen molar-refractivity contribution in [1.29, 1.82) is 0 Å². The van der Waals surface area contributed by atoms with Crippen molar-refractivity contribution >= 4 is 58.9 Å². The summed E-state index contributed by atoms with van der Waals surface area (Å²) in [7, 11) is -0.241. The average molecular weight is 500 g/mol. The molecule has 1 aliphatic rings. The van der Waals surface area contributed by atoms with Crippen LogP contribution in [0, 0.1) is 0 Å². The molecule has 0 aliphatic carbocycles. The zero-order chi connectivity index (χ0) is 24.9. The van der Waals surface area contributed by atoms with Crippen molar-refractivity contribution in [3.63, 3.8) is 0 Å². The number of aromatic nitrogens is 2. The number of hydrogen-bond donors (Lipinski definition) is 2. The highest BCUT2D eigenvalue weighted by molar-refractivity contribution is 6.54. The van der Waals surface area contributed by atoms with Crippen LogP contribution in [0.25, 0.3) is 5.57 Å². The highest BCUT2D eigenvalue weighted by atomic mass is 35.5. The number of nitrogen functional groups attached to an aromatic ring is 2. The van der Waals surface area contributed by atoms with Crippen molar-refractivity contribution in [2.45, 2.75) is 52.7 Å². The Hall–Kier alpha value is -1.77. The van der Waals surface area contributed by atoms with Gasteiger partial charge in [-0.1, -0.05) is 46.9 Å². The number of nitrogens with zero attached hydrogens (tertiary/aromatic N) is 2. The third-order valence-corrected chi connectivity index (χ3v) is 5.85. The van der Waals surface area contributed by atoms with E-state index in [4.69, 9.17) is 55.6 Å².